The molecule has 0 saturated heterocycles. The van der Waals surface area contributed by atoms with Gasteiger partial charge >= 0.3 is 0 Å². The zero-order valence-corrected chi connectivity index (χ0v) is 20.9. The van der Waals surface area contributed by atoms with E-state index < -0.39 is 18.8 Å². The molecule has 1 aliphatic rings. The van der Waals surface area contributed by atoms with Crippen LogP contribution in [0.4, 0.5) is 11.4 Å². The van der Waals surface area contributed by atoms with Gasteiger partial charge < -0.3 is 10.6 Å². The van der Waals surface area contributed by atoms with Gasteiger partial charge in [-0.2, -0.15) is 0 Å². The van der Waals surface area contributed by atoms with E-state index in [4.69, 9.17) is 0 Å². The molecule has 0 aromatic heterocycles. The topological polar surface area (TPSA) is 58.2 Å². The van der Waals surface area contributed by atoms with Gasteiger partial charge in [-0.15, -0.1) is 0 Å². The van der Waals surface area contributed by atoms with Crippen LogP contribution >= 0.6 is 7.92 Å². The number of rotatable bonds is 8. The van der Waals surface area contributed by atoms with Crippen LogP contribution in [-0.2, 0) is 0 Å². The van der Waals surface area contributed by atoms with Gasteiger partial charge in [0, 0.05) is 17.7 Å². The Bertz CT molecular complexity index is 1280. The van der Waals surface area contributed by atoms with E-state index in [1.807, 2.05) is 37.3 Å². The second kappa shape index (κ2) is 10.6. The number of anilines is 2. The van der Waals surface area contributed by atoms with Gasteiger partial charge in [-0.1, -0.05) is 104 Å². The summed E-state index contributed by atoms with van der Waals surface area (Å²) in [5.41, 5.74) is 1.54. The van der Waals surface area contributed by atoms with Gasteiger partial charge in [-0.3, -0.25) is 9.59 Å². The first-order valence-corrected chi connectivity index (χ1v) is 13.8. The molecule has 4 aromatic carbocycles. The fourth-order valence-electron chi connectivity index (χ4n) is 5.19. The molecule has 4 aromatic rings. The lowest BCUT2D eigenvalue weighted by Crippen LogP contribution is -2.45. The average molecular weight is 483 g/mol. The Balaban J connectivity index is 1.43. The van der Waals surface area contributed by atoms with Crippen molar-refractivity contribution in [1.29, 1.82) is 0 Å². The monoisotopic (exact) mass is 482 g/mol. The molecule has 5 heteroatoms. The molecule has 1 aliphatic carbocycles. The van der Waals surface area contributed by atoms with E-state index in [0.717, 1.165) is 24.8 Å². The smallest absolute Gasteiger partial charge is 0.253 e. The van der Waals surface area contributed by atoms with E-state index in [-0.39, 0.29) is 12.1 Å². The highest BCUT2D eigenvalue weighted by Gasteiger charge is 2.35. The van der Waals surface area contributed by atoms with Crippen molar-refractivity contribution in [1.82, 2.24) is 0 Å². The van der Waals surface area contributed by atoms with Crippen LogP contribution in [0.25, 0.3) is 0 Å². The Morgan fingerprint density at radius 2 is 1.23 bits per heavy atom. The second-order valence-electron chi connectivity index (χ2n) is 9.33. The van der Waals surface area contributed by atoms with Crippen LogP contribution < -0.4 is 32.1 Å². The predicted octanol–water partition coefficient (Wildman–Crippen LogP) is 5.31. The Hall–Kier alpha value is -3.23. The molecule has 5 rings (SSSR count). The lowest BCUT2D eigenvalue weighted by Gasteiger charge is -2.39. The average Bonchev–Trinajstić information content (AvgIpc) is 2.93. The third-order valence-corrected chi connectivity index (χ3v) is 10.0. The van der Waals surface area contributed by atoms with Crippen molar-refractivity contribution < 1.29 is 0 Å². The van der Waals surface area contributed by atoms with Crippen molar-refractivity contribution in [2.45, 2.75) is 50.3 Å². The van der Waals surface area contributed by atoms with Crippen LogP contribution in [0.3, 0.4) is 0 Å². The number of benzene rings is 3. The van der Waals surface area contributed by atoms with E-state index in [2.05, 4.69) is 71.3 Å². The summed E-state index contributed by atoms with van der Waals surface area (Å²) < 4.78 is 0. The first kappa shape index (κ1) is 23.5. The van der Waals surface area contributed by atoms with Gasteiger partial charge in [0.2, 0.25) is 0 Å². The van der Waals surface area contributed by atoms with Crippen molar-refractivity contribution in [3.63, 3.8) is 0 Å². The Morgan fingerprint density at radius 1 is 0.714 bits per heavy atom. The Labute approximate surface area is 207 Å². The fraction of sp³-hybridized carbons (Fsp3) is 0.267. The van der Waals surface area contributed by atoms with Crippen molar-refractivity contribution in [3.05, 3.63) is 117 Å². The summed E-state index contributed by atoms with van der Waals surface area (Å²) in [4.78, 5) is 25.2. The molecule has 178 valence electrons. The highest BCUT2D eigenvalue weighted by molar-refractivity contribution is 7.73. The molecule has 0 radical (unpaired) electrons. The molecular weight excluding hydrogens is 451 g/mol. The normalized spacial score (nSPS) is 18.9. The largest absolute Gasteiger partial charge is 0.377 e. The molecule has 0 aliphatic heterocycles. The Kier molecular flexibility index (Phi) is 7.11. The second-order valence-corrected chi connectivity index (χ2v) is 11.8. The maximum Gasteiger partial charge on any atom is 0.253 e. The van der Waals surface area contributed by atoms with Gasteiger partial charge in [0.15, 0.2) is 0 Å². The summed E-state index contributed by atoms with van der Waals surface area (Å²) in [5, 5.41) is 9.60. The summed E-state index contributed by atoms with van der Waals surface area (Å²) in [6.45, 7) is 2.02. The number of hydrogen-bond acceptors (Lipinski definition) is 4. The highest BCUT2D eigenvalue weighted by atomic mass is 31.1. The number of nitrogens with one attached hydrogen (secondary N) is 2. The summed E-state index contributed by atoms with van der Waals surface area (Å²) in [7, 11) is -0.614. The van der Waals surface area contributed by atoms with Crippen molar-refractivity contribution >= 4 is 29.9 Å². The molecule has 1 fully saturated rings. The first-order valence-electron chi connectivity index (χ1n) is 12.4. The van der Waals surface area contributed by atoms with Crippen LogP contribution in [0.1, 0.15) is 44.2 Å². The summed E-state index contributed by atoms with van der Waals surface area (Å²) in [5.74, 6) is 0. The van der Waals surface area contributed by atoms with Crippen LogP contribution in [0.5, 0.6) is 0 Å². The first-order chi connectivity index (χ1) is 17.1. The fourth-order valence-corrected chi connectivity index (χ4v) is 8.27. The van der Waals surface area contributed by atoms with E-state index in [0.29, 0.717) is 17.0 Å². The standard InChI is InChI=1S/C30H31N2O2P/c1-21(22-13-5-2-6-14-22)31-27-28(30(34)29(27)33)32-25-19-11-12-20-26(25)35(23-15-7-3-8-16-23)24-17-9-4-10-18-24/h2-10,13-18,21,25-26,31-32H,11-12,19-20H2,1H3/t21-,25+,26+/m0/s1. The summed E-state index contributed by atoms with van der Waals surface area (Å²) in [6.07, 6.45) is 4.41. The SMILES string of the molecule is C[C@H](Nc1c(N[C@@H]2CCCC[C@H]2P(c2ccccc2)c2ccccc2)c(=O)c1=O)c1ccccc1. The zero-order chi connectivity index (χ0) is 24.2. The quantitative estimate of drug-likeness (QED) is 0.264. The molecular formula is C30H31N2O2P. The number of hydrogen-bond donors (Lipinski definition) is 2. The summed E-state index contributed by atoms with van der Waals surface area (Å²) >= 11 is 0. The molecule has 0 amide bonds. The minimum absolute atomic E-state index is 0.0621. The minimum atomic E-state index is -0.614. The third-order valence-electron chi connectivity index (χ3n) is 7.03. The molecule has 4 nitrogen and oxygen atoms in total. The van der Waals surface area contributed by atoms with E-state index >= 15 is 0 Å². The van der Waals surface area contributed by atoms with Crippen LogP contribution in [-0.4, -0.2) is 11.7 Å². The lowest BCUT2D eigenvalue weighted by atomic mass is 9.94. The van der Waals surface area contributed by atoms with Crippen LogP contribution in [0, 0.1) is 0 Å². The van der Waals surface area contributed by atoms with Crippen molar-refractivity contribution in [3.8, 4) is 0 Å². The maximum atomic E-state index is 12.7. The summed E-state index contributed by atoms with van der Waals surface area (Å²) in [6, 6.07) is 31.6. The molecule has 2 N–H and O–H groups in total. The molecule has 0 bridgehead atoms. The van der Waals surface area contributed by atoms with Crippen molar-refractivity contribution in [2.24, 2.45) is 0 Å². The third kappa shape index (κ3) is 4.94. The predicted molar refractivity (Wildman–Crippen MR) is 149 cm³/mol. The van der Waals surface area contributed by atoms with E-state index in [9.17, 15) is 9.59 Å². The molecule has 3 atom stereocenters. The van der Waals surface area contributed by atoms with Gasteiger partial charge in [-0.05, 0) is 43.9 Å². The van der Waals surface area contributed by atoms with Crippen LogP contribution in [0.2, 0.25) is 0 Å². The molecule has 0 unspecified atom stereocenters. The highest BCUT2D eigenvalue weighted by Crippen LogP contribution is 2.47. The van der Waals surface area contributed by atoms with E-state index in [1.54, 1.807) is 0 Å². The van der Waals surface area contributed by atoms with Gasteiger partial charge in [-0.25, -0.2) is 0 Å². The Morgan fingerprint density at radius 3 is 1.83 bits per heavy atom. The van der Waals surface area contributed by atoms with Gasteiger partial charge in [0.1, 0.15) is 11.4 Å². The zero-order valence-electron chi connectivity index (χ0n) is 20.0. The molecule has 0 heterocycles. The minimum Gasteiger partial charge on any atom is -0.377 e. The van der Waals surface area contributed by atoms with Crippen molar-refractivity contribution in [2.75, 3.05) is 10.6 Å². The molecule has 35 heavy (non-hydrogen) atoms. The van der Waals surface area contributed by atoms with E-state index in [1.165, 1.54) is 17.0 Å². The lowest BCUT2D eigenvalue weighted by molar-refractivity contribution is 0.471. The van der Waals surface area contributed by atoms with Crippen LogP contribution in [0.15, 0.2) is 101 Å². The van der Waals surface area contributed by atoms with Gasteiger partial charge in [0.05, 0.1) is 0 Å². The van der Waals surface area contributed by atoms with Gasteiger partial charge in [0.25, 0.3) is 10.9 Å². The molecule has 0 spiro atoms. The molecule has 1 saturated carbocycles. The maximum absolute atomic E-state index is 12.7.